The molecule has 9 nitrogen and oxygen atoms in total. The lowest BCUT2D eigenvalue weighted by Crippen LogP contribution is -2.54. The number of benzene rings is 2. The molecule has 1 saturated heterocycles. The minimum atomic E-state index is -5.08. The Balaban J connectivity index is 0.000000470. The number of nitrogens with one attached hydrogen (secondary N) is 2. The molecular formula is C28H31F3N6O3. The SMILES string of the molecule is N#Cc1ccc(N2CCC[C@H](N[C@@H]3CCCC[C@H]3Nc3nnc(-c4ccccc4)o3)C2)cc1.O=C(O)C(F)(F)F. The van der Waals surface area contributed by atoms with Crippen molar-refractivity contribution in [1.82, 2.24) is 15.5 Å². The molecule has 3 aromatic rings. The quantitative estimate of drug-likeness (QED) is 0.374. The third kappa shape index (κ3) is 7.95. The molecule has 1 aliphatic heterocycles. The van der Waals surface area contributed by atoms with Gasteiger partial charge in [-0.2, -0.15) is 18.4 Å². The van der Waals surface area contributed by atoms with Crippen molar-refractivity contribution in [3.05, 3.63) is 60.2 Å². The van der Waals surface area contributed by atoms with Crippen LogP contribution in [-0.2, 0) is 4.79 Å². The molecule has 2 fully saturated rings. The Morgan fingerprint density at radius 3 is 2.33 bits per heavy atom. The van der Waals surface area contributed by atoms with Crippen molar-refractivity contribution in [3.8, 4) is 17.5 Å². The molecule has 3 N–H and O–H groups in total. The van der Waals surface area contributed by atoms with Crippen molar-refractivity contribution in [2.75, 3.05) is 23.3 Å². The van der Waals surface area contributed by atoms with Gasteiger partial charge in [-0.05, 0) is 62.1 Å². The van der Waals surface area contributed by atoms with Crippen LogP contribution in [0.15, 0.2) is 59.0 Å². The van der Waals surface area contributed by atoms with Gasteiger partial charge in [0, 0.05) is 42.5 Å². The van der Waals surface area contributed by atoms with E-state index in [0.29, 0.717) is 29.6 Å². The number of carboxylic acid groups (broad SMARTS) is 1. The molecule has 1 aromatic heterocycles. The first-order valence-corrected chi connectivity index (χ1v) is 13.2. The topological polar surface area (TPSA) is 127 Å². The molecule has 0 spiro atoms. The molecule has 1 saturated carbocycles. The van der Waals surface area contributed by atoms with Crippen LogP contribution in [0.3, 0.4) is 0 Å². The van der Waals surface area contributed by atoms with Crippen LogP contribution in [0, 0.1) is 11.3 Å². The lowest BCUT2D eigenvalue weighted by molar-refractivity contribution is -0.192. The van der Waals surface area contributed by atoms with Crippen LogP contribution in [-0.4, -0.2) is 58.7 Å². The van der Waals surface area contributed by atoms with E-state index in [9.17, 15) is 13.2 Å². The highest BCUT2D eigenvalue weighted by molar-refractivity contribution is 5.73. The summed E-state index contributed by atoms with van der Waals surface area (Å²) in [6, 6.07) is 21.6. The Morgan fingerprint density at radius 2 is 1.68 bits per heavy atom. The second-order valence-corrected chi connectivity index (χ2v) is 9.83. The first kappa shape index (κ1) is 28.9. The largest absolute Gasteiger partial charge is 0.490 e. The summed E-state index contributed by atoms with van der Waals surface area (Å²) < 4.78 is 37.6. The highest BCUT2D eigenvalue weighted by Gasteiger charge is 2.38. The maximum atomic E-state index is 10.6. The first-order chi connectivity index (χ1) is 19.2. The van der Waals surface area contributed by atoms with Crippen molar-refractivity contribution >= 4 is 17.7 Å². The normalized spacial score (nSPS) is 21.1. The maximum absolute atomic E-state index is 10.6. The van der Waals surface area contributed by atoms with Gasteiger partial charge in [0.1, 0.15) is 0 Å². The van der Waals surface area contributed by atoms with E-state index in [1.54, 1.807) is 0 Å². The number of carboxylic acids is 1. The molecule has 0 amide bonds. The predicted molar refractivity (Wildman–Crippen MR) is 143 cm³/mol. The van der Waals surface area contributed by atoms with Crippen molar-refractivity contribution in [2.24, 2.45) is 0 Å². The van der Waals surface area contributed by atoms with E-state index < -0.39 is 12.1 Å². The second kappa shape index (κ2) is 13.3. The monoisotopic (exact) mass is 556 g/mol. The number of rotatable bonds is 6. The molecular weight excluding hydrogens is 525 g/mol. The molecule has 2 aliphatic rings. The minimum absolute atomic E-state index is 0.271. The Labute approximate surface area is 230 Å². The molecule has 2 heterocycles. The van der Waals surface area contributed by atoms with Gasteiger partial charge in [-0.15, -0.1) is 5.10 Å². The maximum Gasteiger partial charge on any atom is 0.490 e. The van der Waals surface area contributed by atoms with Crippen LogP contribution >= 0.6 is 0 Å². The number of anilines is 2. The number of nitriles is 1. The smallest absolute Gasteiger partial charge is 0.475 e. The predicted octanol–water partition coefficient (Wildman–Crippen LogP) is 5.22. The molecule has 1 aliphatic carbocycles. The molecule has 0 bridgehead atoms. The number of piperidine rings is 1. The Hall–Kier alpha value is -4.11. The van der Waals surface area contributed by atoms with Crippen molar-refractivity contribution in [1.29, 1.82) is 5.26 Å². The van der Waals surface area contributed by atoms with Crippen molar-refractivity contribution < 1.29 is 27.5 Å². The fourth-order valence-corrected chi connectivity index (χ4v) is 5.04. The second-order valence-electron chi connectivity index (χ2n) is 9.83. The van der Waals surface area contributed by atoms with E-state index >= 15 is 0 Å². The molecule has 0 radical (unpaired) electrons. The summed E-state index contributed by atoms with van der Waals surface area (Å²) in [4.78, 5) is 11.3. The summed E-state index contributed by atoms with van der Waals surface area (Å²) >= 11 is 0. The standard InChI is InChI=1S/C26H30N6O.C2HF3O2/c27-17-19-12-14-22(15-13-19)32-16-6-9-21(18-32)28-23-10-4-5-11-24(23)29-26-31-30-25(33-26)20-7-2-1-3-8-20;3-2(4,5)1(6)7/h1-3,7-8,12-15,21,23-24,28H,4-6,9-11,16,18H2,(H,29,31);(H,6,7)/t21-,23+,24+;/m0./s1. The van der Waals surface area contributed by atoms with Gasteiger partial charge in [-0.1, -0.05) is 36.1 Å². The van der Waals surface area contributed by atoms with Crippen LogP contribution < -0.4 is 15.5 Å². The van der Waals surface area contributed by atoms with Gasteiger partial charge in [0.25, 0.3) is 0 Å². The number of aromatic nitrogens is 2. The van der Waals surface area contributed by atoms with Gasteiger partial charge in [0.05, 0.1) is 11.6 Å². The van der Waals surface area contributed by atoms with Gasteiger partial charge in [0.15, 0.2) is 0 Å². The van der Waals surface area contributed by atoms with E-state index in [2.05, 4.69) is 43.9 Å². The molecule has 212 valence electrons. The van der Waals surface area contributed by atoms with Crippen LogP contribution in [0.5, 0.6) is 0 Å². The summed E-state index contributed by atoms with van der Waals surface area (Å²) in [6.45, 7) is 2.04. The Bertz CT molecular complexity index is 1280. The molecule has 2 aromatic carbocycles. The highest BCUT2D eigenvalue weighted by atomic mass is 19.4. The number of hydrogen-bond acceptors (Lipinski definition) is 8. The van der Waals surface area contributed by atoms with Gasteiger partial charge >= 0.3 is 18.2 Å². The third-order valence-corrected chi connectivity index (χ3v) is 7.00. The van der Waals surface area contributed by atoms with Crippen molar-refractivity contribution in [3.63, 3.8) is 0 Å². The molecule has 5 rings (SSSR count). The average Bonchev–Trinajstić information content (AvgIpc) is 3.43. The van der Waals surface area contributed by atoms with Gasteiger partial charge < -0.3 is 25.1 Å². The fraction of sp³-hybridized carbons (Fsp3) is 0.429. The summed E-state index contributed by atoms with van der Waals surface area (Å²) in [6.07, 6.45) is 1.93. The average molecular weight is 557 g/mol. The van der Waals surface area contributed by atoms with Gasteiger partial charge in [0.2, 0.25) is 5.89 Å². The Kier molecular flexibility index (Phi) is 9.60. The zero-order valence-electron chi connectivity index (χ0n) is 21.8. The van der Waals surface area contributed by atoms with Crippen LogP contribution in [0.25, 0.3) is 11.5 Å². The molecule has 0 unspecified atom stereocenters. The van der Waals surface area contributed by atoms with Crippen molar-refractivity contribution in [2.45, 2.75) is 62.8 Å². The number of nitrogens with zero attached hydrogens (tertiary/aromatic N) is 4. The van der Waals surface area contributed by atoms with E-state index in [0.717, 1.165) is 37.9 Å². The Morgan fingerprint density at radius 1 is 1.00 bits per heavy atom. The van der Waals surface area contributed by atoms with E-state index in [4.69, 9.17) is 19.6 Å². The molecule has 40 heavy (non-hydrogen) atoms. The van der Waals surface area contributed by atoms with Gasteiger partial charge in [-0.25, -0.2) is 4.79 Å². The van der Waals surface area contributed by atoms with E-state index in [1.165, 1.54) is 24.9 Å². The van der Waals surface area contributed by atoms with Crippen LogP contribution in [0.4, 0.5) is 24.9 Å². The lowest BCUT2D eigenvalue weighted by Gasteiger charge is -2.40. The summed E-state index contributed by atoms with van der Waals surface area (Å²) in [5, 5.41) is 32.1. The molecule has 12 heteroatoms. The fourth-order valence-electron chi connectivity index (χ4n) is 5.04. The van der Waals surface area contributed by atoms with E-state index in [1.807, 2.05) is 42.5 Å². The van der Waals surface area contributed by atoms with Crippen LogP contribution in [0.1, 0.15) is 44.1 Å². The lowest BCUT2D eigenvalue weighted by atomic mass is 9.89. The first-order valence-electron chi connectivity index (χ1n) is 13.2. The number of aliphatic carboxylic acids is 1. The summed E-state index contributed by atoms with van der Waals surface area (Å²) in [7, 11) is 0. The van der Waals surface area contributed by atoms with Crippen LogP contribution in [0.2, 0.25) is 0 Å². The summed E-state index contributed by atoms with van der Waals surface area (Å²) in [5.41, 5.74) is 2.83. The highest BCUT2D eigenvalue weighted by Crippen LogP contribution is 2.26. The number of halogens is 3. The minimum Gasteiger partial charge on any atom is -0.475 e. The number of alkyl halides is 3. The molecule has 3 atom stereocenters. The van der Waals surface area contributed by atoms with E-state index in [-0.39, 0.29) is 6.04 Å². The number of hydrogen-bond donors (Lipinski definition) is 3. The summed E-state index contributed by atoms with van der Waals surface area (Å²) in [5.74, 6) is -2.21. The zero-order valence-corrected chi connectivity index (χ0v) is 21.8. The number of carbonyl (C=O) groups is 1. The zero-order chi connectivity index (χ0) is 28.5. The third-order valence-electron chi connectivity index (χ3n) is 7.00. The van der Waals surface area contributed by atoms with Gasteiger partial charge in [-0.3, -0.25) is 0 Å².